The van der Waals surface area contributed by atoms with Gasteiger partial charge in [0.05, 0.1) is 52.7 Å². The van der Waals surface area contributed by atoms with Gasteiger partial charge in [-0.25, -0.2) is 0 Å². The summed E-state index contributed by atoms with van der Waals surface area (Å²) in [6, 6.07) is 39.9. The summed E-state index contributed by atoms with van der Waals surface area (Å²) in [6.45, 7) is 39.8. The highest BCUT2D eigenvalue weighted by Gasteiger charge is 2.33. The molecule has 0 spiro atoms. The number of hydrogen-bond donors (Lipinski definition) is 0. The molecule has 1 saturated carbocycles. The number of anilines is 5. The van der Waals surface area contributed by atoms with E-state index in [1.165, 1.54) is 132 Å². The zero-order valence-corrected chi connectivity index (χ0v) is 55.9. The summed E-state index contributed by atoms with van der Waals surface area (Å²) in [6.07, 6.45) is 25.5. The average Bonchev–Trinajstić information content (AvgIpc) is 2.28. The van der Waals surface area contributed by atoms with Crippen LogP contribution in [0.3, 0.4) is 0 Å². The molecule has 1 aliphatic carbocycles. The lowest BCUT2D eigenvalue weighted by molar-refractivity contribution is 0.237. The topological polar surface area (TPSA) is 58.1 Å². The summed E-state index contributed by atoms with van der Waals surface area (Å²) in [5.74, 6) is 0.932. The molecule has 3 atom stereocenters. The number of para-hydroxylation sites is 2. The predicted molar refractivity (Wildman–Crippen MR) is 374 cm³/mol. The predicted octanol–water partition coefficient (Wildman–Crippen LogP) is 20.1. The second-order valence-corrected chi connectivity index (χ2v) is 25.9. The van der Waals surface area contributed by atoms with Gasteiger partial charge in [-0.2, -0.15) is 0 Å². The lowest BCUT2D eigenvalue weighted by Gasteiger charge is -2.34. The molecule has 0 saturated heterocycles. The molecule has 4 aliphatic rings. The minimum absolute atomic E-state index is 0.175. The summed E-state index contributed by atoms with van der Waals surface area (Å²) in [5.41, 5.74) is 29.8. The number of nitrogens with zero attached hydrogens (tertiary/aromatic N) is 9. The highest BCUT2D eigenvalue weighted by atomic mass is 15.4. The first-order chi connectivity index (χ1) is 42.1. The number of rotatable bonds is 11. The summed E-state index contributed by atoms with van der Waals surface area (Å²) in [7, 11) is 0. The van der Waals surface area contributed by atoms with Crippen LogP contribution in [0.25, 0.3) is 33.8 Å². The summed E-state index contributed by atoms with van der Waals surface area (Å²) >= 11 is 0. The minimum Gasteiger partial charge on any atom is -0.353 e. The van der Waals surface area contributed by atoms with Gasteiger partial charge in [0.15, 0.2) is 0 Å². The maximum absolute atomic E-state index is 4.91. The van der Waals surface area contributed by atoms with E-state index in [0.29, 0.717) is 24.0 Å². The fourth-order valence-corrected chi connectivity index (χ4v) is 14.1. The van der Waals surface area contributed by atoms with Crippen molar-refractivity contribution in [1.29, 1.82) is 0 Å². The number of hydrogen-bond acceptors (Lipinski definition) is 9. The van der Waals surface area contributed by atoms with Crippen molar-refractivity contribution >= 4 is 28.4 Å². The minimum atomic E-state index is 0.175. The average molecular weight is 1170 g/mol. The van der Waals surface area contributed by atoms with Gasteiger partial charge in [0.2, 0.25) is 0 Å². The molecule has 3 aromatic heterocycles. The van der Waals surface area contributed by atoms with Crippen LogP contribution in [-0.2, 0) is 0 Å². The van der Waals surface area contributed by atoms with Crippen molar-refractivity contribution in [1.82, 2.24) is 19.9 Å². The van der Waals surface area contributed by atoms with Gasteiger partial charge in [-0.3, -0.25) is 15.0 Å². The van der Waals surface area contributed by atoms with Crippen LogP contribution in [-0.4, -0.2) is 44.4 Å². The van der Waals surface area contributed by atoms with Crippen LogP contribution in [0.1, 0.15) is 158 Å². The van der Waals surface area contributed by atoms with Gasteiger partial charge in [-0.05, 0) is 212 Å². The molecule has 9 nitrogen and oxygen atoms in total. The van der Waals surface area contributed by atoms with Gasteiger partial charge in [0, 0.05) is 71.3 Å². The molecule has 88 heavy (non-hydrogen) atoms. The largest absolute Gasteiger partial charge is 0.353 e. The van der Waals surface area contributed by atoms with Crippen molar-refractivity contribution in [2.24, 2.45) is 0 Å². The molecule has 3 aliphatic heterocycles. The molecule has 0 amide bonds. The Morgan fingerprint density at radius 1 is 0.341 bits per heavy atom. The Labute approximate surface area is 527 Å². The molecule has 8 aromatic rings. The monoisotopic (exact) mass is 1170 g/mol. The Morgan fingerprint density at radius 2 is 0.636 bits per heavy atom. The molecule has 9 heteroatoms. The van der Waals surface area contributed by atoms with E-state index in [2.05, 4.69) is 307 Å². The van der Waals surface area contributed by atoms with Crippen molar-refractivity contribution in [2.45, 2.75) is 187 Å². The molecule has 5 aromatic carbocycles. The van der Waals surface area contributed by atoms with E-state index in [0.717, 1.165) is 28.5 Å². The highest BCUT2D eigenvalue weighted by Crippen LogP contribution is 2.42. The maximum Gasteiger partial charge on any atom is 0.107 e. The molecule has 12 rings (SSSR count). The van der Waals surface area contributed by atoms with Crippen molar-refractivity contribution < 1.29 is 0 Å². The van der Waals surface area contributed by atoms with Gasteiger partial charge in [0.25, 0.3) is 0 Å². The lowest BCUT2D eigenvalue weighted by atomic mass is 9.92. The molecule has 6 heterocycles. The molecular weight excluding hydrogens is 1070 g/mol. The van der Waals surface area contributed by atoms with Gasteiger partial charge in [0.1, 0.15) is 18.5 Å². The molecular formula is C79H95N9. The second-order valence-electron chi connectivity index (χ2n) is 25.9. The standard InChI is InChI=1S/C30H37N3.C26H29N3.C23H29N3/c1-19(2)25-13-10-14-26(20(3)4)30(25)33-16-15-32(24(33)8)28-18-31-27(17-23(28)7)29-21(5)11-9-12-22(29)6;1-17-9-7-10-18(2)25(17)23-15-21(5)24(16-27-23)28-13-14-29(22(28)6)26-19(3)11-8-12-20(26)4;1-16-8-7-9-17(2)23(16)21-14-18(3)22(15-24-21)26-13-12-25(19(26)4)20-10-5-6-11-20/h9-20,24H,1-8H3;7-16,22H,1-6H3;7-9,12-15,19-20H,5-6,10-11H2,1-4H3/t24-;22-;19-/m001/s1. The van der Waals surface area contributed by atoms with E-state index in [4.69, 9.17) is 15.0 Å². The van der Waals surface area contributed by atoms with Crippen LogP contribution < -0.4 is 24.5 Å². The molecule has 0 bridgehead atoms. The Morgan fingerprint density at radius 3 is 0.977 bits per heavy atom. The summed E-state index contributed by atoms with van der Waals surface area (Å²) in [5, 5.41) is 0. The third-order valence-electron chi connectivity index (χ3n) is 19.0. The van der Waals surface area contributed by atoms with Crippen LogP contribution in [0.15, 0.2) is 165 Å². The molecule has 1 fully saturated rings. The van der Waals surface area contributed by atoms with Gasteiger partial charge in [-0.1, -0.05) is 132 Å². The van der Waals surface area contributed by atoms with E-state index in [1.54, 1.807) is 0 Å². The van der Waals surface area contributed by atoms with Crippen LogP contribution in [0.5, 0.6) is 0 Å². The third-order valence-corrected chi connectivity index (χ3v) is 19.0. The number of pyridine rings is 3. The summed E-state index contributed by atoms with van der Waals surface area (Å²) in [4.78, 5) is 28.9. The van der Waals surface area contributed by atoms with E-state index in [9.17, 15) is 0 Å². The third kappa shape index (κ3) is 12.5. The SMILES string of the molecule is Cc1cc(-c2c(C)cccc2C)ncc1N1C=CN(C2CCCC2)[C@H]1C.Cc1cc(-c2c(C)cccc2C)ncc1N1C=CN(c2c(C(C)C)cccc2C(C)C)[C@H]1C.Cc1cc(-c2c(C)cccc2C)ncc1N1C=CN(c2c(C)cccc2C)[C@H]1C. The molecule has 0 N–H and O–H groups in total. The van der Waals surface area contributed by atoms with Crippen LogP contribution in [0.4, 0.5) is 28.4 Å². The number of benzene rings is 5. The Kier molecular flexibility index (Phi) is 18.9. The highest BCUT2D eigenvalue weighted by molar-refractivity contribution is 5.76. The lowest BCUT2D eigenvalue weighted by Crippen LogP contribution is -2.41. The van der Waals surface area contributed by atoms with Gasteiger partial charge < -0.3 is 29.4 Å². The Bertz CT molecular complexity index is 3810. The normalized spacial score (nSPS) is 17.2. The number of aromatic nitrogens is 3. The first-order valence-corrected chi connectivity index (χ1v) is 32.2. The van der Waals surface area contributed by atoms with E-state index < -0.39 is 0 Å². The Balaban J connectivity index is 0.000000147. The Hall–Kier alpha value is -8.43. The van der Waals surface area contributed by atoms with Crippen LogP contribution >= 0.6 is 0 Å². The molecule has 0 unspecified atom stereocenters. The van der Waals surface area contributed by atoms with Gasteiger partial charge >= 0.3 is 0 Å². The van der Waals surface area contributed by atoms with Crippen molar-refractivity contribution in [3.8, 4) is 33.8 Å². The van der Waals surface area contributed by atoms with Crippen molar-refractivity contribution in [2.75, 3.05) is 24.5 Å². The maximum atomic E-state index is 4.91. The van der Waals surface area contributed by atoms with Crippen LogP contribution in [0, 0.1) is 76.2 Å². The van der Waals surface area contributed by atoms with E-state index in [1.807, 2.05) is 12.4 Å². The second kappa shape index (κ2) is 26.5. The first-order valence-electron chi connectivity index (χ1n) is 32.2. The van der Waals surface area contributed by atoms with Crippen molar-refractivity contribution in [3.05, 3.63) is 237 Å². The molecule has 0 radical (unpaired) electrons. The van der Waals surface area contributed by atoms with E-state index >= 15 is 0 Å². The quantitative estimate of drug-likeness (QED) is 0.126. The number of aryl methyl sites for hydroxylation is 11. The van der Waals surface area contributed by atoms with Crippen molar-refractivity contribution in [3.63, 3.8) is 0 Å². The fraction of sp³-hybridized carbons (Fsp3) is 0.354. The smallest absolute Gasteiger partial charge is 0.107 e. The van der Waals surface area contributed by atoms with Crippen LogP contribution in [0.2, 0.25) is 0 Å². The van der Waals surface area contributed by atoms with E-state index in [-0.39, 0.29) is 12.3 Å². The summed E-state index contributed by atoms with van der Waals surface area (Å²) < 4.78 is 0. The van der Waals surface area contributed by atoms with Gasteiger partial charge in [-0.15, -0.1) is 0 Å². The zero-order valence-electron chi connectivity index (χ0n) is 55.9. The fourth-order valence-electron chi connectivity index (χ4n) is 14.1. The molecule has 456 valence electrons. The zero-order chi connectivity index (χ0) is 62.8. The first kappa shape index (κ1) is 62.6.